The maximum Gasteiger partial charge on any atom is 0.349 e. The Morgan fingerprint density at radius 1 is 0.963 bits per heavy atom. The predicted octanol–water partition coefficient (Wildman–Crippen LogP) is 4.54. The fourth-order valence-corrected chi connectivity index (χ4v) is 2.31. The van der Waals surface area contributed by atoms with E-state index in [4.69, 9.17) is 14.2 Å². The van der Waals surface area contributed by atoms with Crippen LogP contribution in [0.5, 0.6) is 17.2 Å². The van der Waals surface area contributed by atoms with E-state index in [0.29, 0.717) is 18.1 Å². The molecule has 0 spiro atoms. The molecule has 0 atom stereocenters. The van der Waals surface area contributed by atoms with Crippen LogP contribution in [-0.4, -0.2) is 24.1 Å². The number of rotatable bonds is 11. The third-order valence-corrected chi connectivity index (χ3v) is 3.71. The minimum Gasteiger partial charge on any atom is -0.493 e. The number of non-ortho nitro benzene ring substituents is 1. The Labute approximate surface area is 158 Å². The maximum absolute atomic E-state index is 11.8. The normalized spacial score (nSPS) is 10.3. The number of ether oxygens (including phenoxy) is 3. The Morgan fingerprint density at radius 3 is 2.33 bits per heavy atom. The van der Waals surface area contributed by atoms with E-state index in [-0.39, 0.29) is 18.0 Å². The first-order valence-corrected chi connectivity index (χ1v) is 8.89. The van der Waals surface area contributed by atoms with E-state index in [1.165, 1.54) is 37.1 Å². The largest absolute Gasteiger partial charge is 0.493 e. The van der Waals surface area contributed by atoms with Crippen molar-refractivity contribution in [2.45, 2.75) is 32.6 Å². The van der Waals surface area contributed by atoms with E-state index in [9.17, 15) is 14.9 Å². The van der Waals surface area contributed by atoms with Gasteiger partial charge < -0.3 is 14.2 Å². The summed E-state index contributed by atoms with van der Waals surface area (Å²) in [6.07, 6.45) is 4.52. The van der Waals surface area contributed by atoms with Gasteiger partial charge in [0.1, 0.15) is 17.2 Å². The predicted molar refractivity (Wildman–Crippen MR) is 100 cm³/mol. The summed E-state index contributed by atoms with van der Waals surface area (Å²) in [5.41, 5.74) is -0.0717. The van der Waals surface area contributed by atoms with Gasteiger partial charge in [-0.3, -0.25) is 10.1 Å². The van der Waals surface area contributed by atoms with Gasteiger partial charge in [-0.1, -0.05) is 32.3 Å². The molecule has 0 bridgehead atoms. The van der Waals surface area contributed by atoms with Crippen molar-refractivity contribution in [3.05, 3.63) is 58.6 Å². The molecule has 2 aromatic carbocycles. The third-order valence-electron chi connectivity index (χ3n) is 3.71. The number of esters is 1. The zero-order valence-corrected chi connectivity index (χ0v) is 15.3. The summed E-state index contributed by atoms with van der Waals surface area (Å²) in [6.45, 7) is 2.52. The summed E-state index contributed by atoms with van der Waals surface area (Å²) >= 11 is 0. The highest BCUT2D eigenvalue weighted by atomic mass is 16.6. The van der Waals surface area contributed by atoms with Crippen molar-refractivity contribution >= 4 is 11.7 Å². The standard InChI is InChI=1S/C20H23NO6/c1-2-3-4-5-13-25-18-7-6-8-19(14-18)26-15-20(22)27-17-11-9-16(10-12-17)21(23)24/h6-12,14H,2-5,13,15H2,1H3. The zero-order chi connectivity index (χ0) is 19.5. The summed E-state index contributed by atoms with van der Waals surface area (Å²) in [5.74, 6) is 0.808. The highest BCUT2D eigenvalue weighted by molar-refractivity contribution is 5.74. The Bertz CT molecular complexity index is 744. The van der Waals surface area contributed by atoms with E-state index in [2.05, 4.69) is 6.92 Å². The fraction of sp³-hybridized carbons (Fsp3) is 0.350. The van der Waals surface area contributed by atoms with E-state index in [0.717, 1.165) is 12.8 Å². The van der Waals surface area contributed by atoms with Gasteiger partial charge in [0, 0.05) is 18.2 Å². The van der Waals surface area contributed by atoms with Crippen LogP contribution in [0.1, 0.15) is 32.6 Å². The zero-order valence-electron chi connectivity index (χ0n) is 15.3. The smallest absolute Gasteiger partial charge is 0.349 e. The maximum atomic E-state index is 11.8. The quantitative estimate of drug-likeness (QED) is 0.189. The van der Waals surface area contributed by atoms with Gasteiger partial charge in [-0.05, 0) is 30.7 Å². The number of unbranched alkanes of at least 4 members (excludes halogenated alkanes) is 3. The number of hydrogen-bond acceptors (Lipinski definition) is 6. The van der Waals surface area contributed by atoms with Crippen molar-refractivity contribution in [3.8, 4) is 17.2 Å². The fourth-order valence-electron chi connectivity index (χ4n) is 2.31. The number of benzene rings is 2. The molecule has 0 unspecified atom stereocenters. The molecular weight excluding hydrogens is 350 g/mol. The highest BCUT2D eigenvalue weighted by Gasteiger charge is 2.09. The van der Waals surface area contributed by atoms with Crippen molar-refractivity contribution in [2.75, 3.05) is 13.2 Å². The van der Waals surface area contributed by atoms with Crippen LogP contribution >= 0.6 is 0 Å². The minimum atomic E-state index is -0.602. The average Bonchev–Trinajstić information content (AvgIpc) is 2.67. The van der Waals surface area contributed by atoms with Crippen molar-refractivity contribution in [2.24, 2.45) is 0 Å². The molecule has 27 heavy (non-hydrogen) atoms. The molecule has 7 nitrogen and oxygen atoms in total. The number of nitrogens with zero attached hydrogens (tertiary/aromatic N) is 1. The van der Waals surface area contributed by atoms with Crippen molar-refractivity contribution < 1.29 is 23.9 Å². The Hall–Kier alpha value is -3.09. The van der Waals surface area contributed by atoms with Crippen LogP contribution in [-0.2, 0) is 4.79 Å². The lowest BCUT2D eigenvalue weighted by atomic mass is 10.2. The second kappa shape index (κ2) is 10.8. The molecular formula is C20H23NO6. The summed E-state index contributed by atoms with van der Waals surface area (Å²) in [4.78, 5) is 21.9. The van der Waals surface area contributed by atoms with Gasteiger partial charge in [0.05, 0.1) is 11.5 Å². The molecule has 2 rings (SSSR count). The van der Waals surface area contributed by atoms with E-state index in [1.807, 2.05) is 6.07 Å². The molecule has 0 heterocycles. The number of nitro groups is 1. The molecule has 0 aliphatic heterocycles. The second-order valence-electron chi connectivity index (χ2n) is 5.90. The molecule has 0 radical (unpaired) electrons. The van der Waals surface area contributed by atoms with E-state index >= 15 is 0 Å². The summed E-state index contributed by atoms with van der Waals surface area (Å²) in [7, 11) is 0. The van der Waals surface area contributed by atoms with Crippen molar-refractivity contribution in [1.82, 2.24) is 0 Å². The first-order chi connectivity index (χ1) is 13.1. The average molecular weight is 373 g/mol. The second-order valence-corrected chi connectivity index (χ2v) is 5.90. The van der Waals surface area contributed by atoms with Crippen LogP contribution in [0.4, 0.5) is 5.69 Å². The van der Waals surface area contributed by atoms with Crippen LogP contribution in [0.2, 0.25) is 0 Å². The molecule has 7 heteroatoms. The molecule has 0 saturated heterocycles. The monoisotopic (exact) mass is 373 g/mol. The first kappa shape index (κ1) is 20.2. The van der Waals surface area contributed by atoms with Gasteiger partial charge >= 0.3 is 5.97 Å². The van der Waals surface area contributed by atoms with Gasteiger partial charge in [0.25, 0.3) is 5.69 Å². The number of nitro benzene ring substituents is 1. The molecule has 0 aromatic heterocycles. The number of carbonyl (C=O) groups is 1. The molecule has 0 saturated carbocycles. The lowest BCUT2D eigenvalue weighted by molar-refractivity contribution is -0.384. The lowest BCUT2D eigenvalue weighted by Gasteiger charge is -2.09. The Morgan fingerprint density at radius 2 is 1.67 bits per heavy atom. The molecule has 0 amide bonds. The third kappa shape index (κ3) is 7.35. The number of carbonyl (C=O) groups excluding carboxylic acids is 1. The topological polar surface area (TPSA) is 87.9 Å². The van der Waals surface area contributed by atoms with Gasteiger partial charge in [-0.2, -0.15) is 0 Å². The van der Waals surface area contributed by atoms with Gasteiger partial charge in [0.15, 0.2) is 6.61 Å². The Kier molecular flexibility index (Phi) is 8.09. The van der Waals surface area contributed by atoms with Crippen LogP contribution in [0.25, 0.3) is 0 Å². The first-order valence-electron chi connectivity index (χ1n) is 8.89. The number of hydrogen-bond donors (Lipinski definition) is 0. The van der Waals surface area contributed by atoms with Crippen molar-refractivity contribution in [3.63, 3.8) is 0 Å². The lowest BCUT2D eigenvalue weighted by Crippen LogP contribution is -2.17. The SMILES string of the molecule is CCCCCCOc1cccc(OCC(=O)Oc2ccc([N+](=O)[O-])cc2)c1. The van der Waals surface area contributed by atoms with Crippen LogP contribution < -0.4 is 14.2 Å². The van der Waals surface area contributed by atoms with E-state index < -0.39 is 10.9 Å². The molecule has 0 fully saturated rings. The Balaban J connectivity index is 1.77. The van der Waals surface area contributed by atoms with Crippen molar-refractivity contribution in [1.29, 1.82) is 0 Å². The van der Waals surface area contributed by atoms with Crippen LogP contribution in [0, 0.1) is 10.1 Å². The van der Waals surface area contributed by atoms with Crippen LogP contribution in [0.15, 0.2) is 48.5 Å². The summed E-state index contributed by atoms with van der Waals surface area (Å²) in [5, 5.41) is 10.6. The van der Waals surface area contributed by atoms with Gasteiger partial charge in [0.2, 0.25) is 0 Å². The van der Waals surface area contributed by atoms with E-state index in [1.54, 1.807) is 18.2 Å². The molecule has 2 aromatic rings. The molecule has 0 N–H and O–H groups in total. The molecule has 0 aliphatic carbocycles. The molecule has 144 valence electrons. The highest BCUT2D eigenvalue weighted by Crippen LogP contribution is 2.20. The molecule has 0 aliphatic rings. The van der Waals surface area contributed by atoms with Gasteiger partial charge in [-0.25, -0.2) is 4.79 Å². The van der Waals surface area contributed by atoms with Gasteiger partial charge in [-0.15, -0.1) is 0 Å². The van der Waals surface area contributed by atoms with Crippen LogP contribution in [0.3, 0.4) is 0 Å². The summed E-state index contributed by atoms with van der Waals surface area (Å²) in [6, 6.07) is 12.3. The summed E-state index contributed by atoms with van der Waals surface area (Å²) < 4.78 is 16.2. The minimum absolute atomic E-state index is 0.0717.